The molecule has 2 unspecified atom stereocenters. The Bertz CT molecular complexity index is 1350. The summed E-state index contributed by atoms with van der Waals surface area (Å²) in [4.78, 5) is 50.1. The molecule has 2 bridgehead atoms. The minimum Gasteiger partial charge on any atom is -0.479 e. The number of aliphatic hydroxyl groups excluding tert-OH is 1. The summed E-state index contributed by atoms with van der Waals surface area (Å²) >= 11 is 0. The predicted octanol–water partition coefficient (Wildman–Crippen LogP) is 5.43. The monoisotopic (exact) mass is 734 g/mol. The maximum absolute atomic E-state index is 13.0. The van der Waals surface area contributed by atoms with Crippen LogP contribution in [0.25, 0.3) is 0 Å². The van der Waals surface area contributed by atoms with Gasteiger partial charge in [-0.25, -0.2) is 14.4 Å². The van der Waals surface area contributed by atoms with Crippen molar-refractivity contribution >= 4 is 23.9 Å². The van der Waals surface area contributed by atoms with Gasteiger partial charge < -0.3 is 44.5 Å². The second-order valence-corrected chi connectivity index (χ2v) is 14.3. The summed E-state index contributed by atoms with van der Waals surface area (Å²) in [5.74, 6) is -9.57. The Morgan fingerprint density at radius 1 is 0.885 bits per heavy atom. The smallest absolute Gasteiger partial charge is 0.343 e. The zero-order valence-corrected chi connectivity index (χ0v) is 30.8. The fourth-order valence-electron chi connectivity index (χ4n) is 7.51. The zero-order chi connectivity index (χ0) is 38.5. The van der Waals surface area contributed by atoms with Gasteiger partial charge in [0.05, 0.1) is 0 Å². The van der Waals surface area contributed by atoms with E-state index in [0.29, 0.717) is 24.8 Å². The lowest BCUT2D eigenvalue weighted by Gasteiger charge is -2.49. The first-order chi connectivity index (χ1) is 24.7. The molecule has 13 heteroatoms. The van der Waals surface area contributed by atoms with Gasteiger partial charge in [-0.15, -0.1) is 0 Å². The molecule has 2 saturated heterocycles. The Kier molecular flexibility index (Phi) is 16.3. The second-order valence-electron chi connectivity index (χ2n) is 14.3. The summed E-state index contributed by atoms with van der Waals surface area (Å²) in [6, 6.07) is 9.45. The van der Waals surface area contributed by atoms with Crippen molar-refractivity contribution in [1.82, 2.24) is 0 Å². The van der Waals surface area contributed by atoms with E-state index in [1.165, 1.54) is 45.4 Å². The van der Waals surface area contributed by atoms with Crippen molar-refractivity contribution in [2.24, 2.45) is 5.92 Å². The molecular weight excluding hydrogens is 676 g/mol. The fraction of sp³-hybridized carbons (Fsp3) is 0.692. The number of carbonyl (C=O) groups is 4. The van der Waals surface area contributed by atoms with Crippen LogP contribution in [0, 0.1) is 5.92 Å². The van der Waals surface area contributed by atoms with Gasteiger partial charge in [0.2, 0.25) is 17.3 Å². The highest BCUT2D eigenvalue weighted by atomic mass is 16.8. The van der Waals surface area contributed by atoms with E-state index in [1.54, 1.807) is 0 Å². The first-order valence-electron chi connectivity index (χ1n) is 18.7. The predicted molar refractivity (Wildman–Crippen MR) is 189 cm³/mol. The molecule has 0 spiro atoms. The Balaban J connectivity index is 1.76. The van der Waals surface area contributed by atoms with E-state index in [-0.39, 0.29) is 18.9 Å². The molecule has 52 heavy (non-hydrogen) atoms. The third-order valence-electron chi connectivity index (χ3n) is 10.3. The highest BCUT2D eigenvalue weighted by Crippen LogP contribution is 2.56. The summed E-state index contributed by atoms with van der Waals surface area (Å²) in [7, 11) is 0. The molecule has 5 N–H and O–H groups in total. The number of hydrogen-bond acceptors (Lipinski definition) is 10. The van der Waals surface area contributed by atoms with Crippen LogP contribution in [-0.4, -0.2) is 97.4 Å². The second kappa shape index (κ2) is 19.6. The molecule has 1 aromatic rings. The van der Waals surface area contributed by atoms with Crippen LogP contribution in [0.2, 0.25) is 0 Å². The maximum Gasteiger partial charge on any atom is 0.343 e. The molecule has 2 aliphatic heterocycles. The number of carboxylic acids is 3. The lowest BCUT2D eigenvalue weighted by molar-refractivity contribution is -0.374. The third-order valence-corrected chi connectivity index (χ3v) is 10.3. The standard InChI is InChI=1S/C39H58O13/c1-5-6-7-8-9-10-11-12-13-14-15-19-24-49-32-31(41)37(51-33(34(42)43)38(48,35(44)45)39(32,52-37)36(46)47)23-22-26(2)30(50-28(4)40)27(3)25-29-20-17-16-18-21-29/h16-18,20-21,27,30-33,41,48H,2,5-15,19,22-25H2,1,3-4H3,(H,42,43)(H,44,45)(H,46,47)/t27?,30?,31-,32-,33-,37-,38-,39-/m1/s1. The summed E-state index contributed by atoms with van der Waals surface area (Å²) in [5.41, 5.74) is -5.66. The maximum atomic E-state index is 13.0. The van der Waals surface area contributed by atoms with Crippen molar-refractivity contribution in [2.45, 2.75) is 158 Å². The van der Waals surface area contributed by atoms with Crippen LogP contribution in [0.15, 0.2) is 42.5 Å². The largest absolute Gasteiger partial charge is 0.479 e. The van der Waals surface area contributed by atoms with Crippen LogP contribution in [0.4, 0.5) is 0 Å². The van der Waals surface area contributed by atoms with Gasteiger partial charge in [0.25, 0.3) is 0 Å². The van der Waals surface area contributed by atoms with Gasteiger partial charge in [0.1, 0.15) is 18.3 Å². The number of esters is 1. The summed E-state index contributed by atoms with van der Waals surface area (Å²) in [6.45, 7) is 9.24. The Labute approximate surface area is 306 Å². The van der Waals surface area contributed by atoms with E-state index in [2.05, 4.69) is 13.5 Å². The van der Waals surface area contributed by atoms with E-state index >= 15 is 0 Å². The number of unbranched alkanes of at least 4 members (excludes halogenated alkanes) is 11. The van der Waals surface area contributed by atoms with Gasteiger partial charge in [-0.1, -0.05) is 121 Å². The highest BCUT2D eigenvalue weighted by molar-refractivity contribution is 5.97. The van der Waals surface area contributed by atoms with Crippen LogP contribution in [0.1, 0.15) is 116 Å². The molecule has 8 atom stereocenters. The highest BCUT2D eigenvalue weighted by Gasteiger charge is 2.85. The van der Waals surface area contributed by atoms with Crippen molar-refractivity contribution in [3.05, 3.63) is 48.0 Å². The lowest BCUT2D eigenvalue weighted by atomic mass is 9.74. The number of hydrogen-bond donors (Lipinski definition) is 5. The van der Waals surface area contributed by atoms with E-state index in [1.807, 2.05) is 37.3 Å². The van der Waals surface area contributed by atoms with Gasteiger partial charge in [-0.05, 0) is 30.4 Å². The topological polar surface area (TPSA) is 206 Å². The SMILES string of the molecule is C=C(CC[C@@]12O[C@H](C(=O)O)[C@@](O)(C(=O)O)[C@@](C(=O)O)(O1)[C@H](OCCCCCCCCCCCCCC)[C@H]2O)C(OC(C)=O)C(C)Cc1ccccc1. The molecule has 2 aliphatic rings. The molecule has 2 heterocycles. The van der Waals surface area contributed by atoms with Gasteiger partial charge in [0, 0.05) is 25.9 Å². The summed E-state index contributed by atoms with van der Waals surface area (Å²) < 4.78 is 22.9. The van der Waals surface area contributed by atoms with Gasteiger partial charge in [-0.2, -0.15) is 0 Å². The first kappa shape index (κ1) is 43.0. The Hall–Kier alpha value is -3.36. The Morgan fingerprint density at radius 2 is 1.44 bits per heavy atom. The lowest BCUT2D eigenvalue weighted by Crippen LogP contribution is -2.78. The van der Waals surface area contributed by atoms with Crippen LogP contribution in [-0.2, 0) is 44.5 Å². The van der Waals surface area contributed by atoms with E-state index in [0.717, 1.165) is 31.2 Å². The average Bonchev–Trinajstić information content (AvgIpc) is 3.31. The van der Waals surface area contributed by atoms with Crippen molar-refractivity contribution in [3.63, 3.8) is 0 Å². The molecule has 0 saturated carbocycles. The summed E-state index contributed by atoms with van der Waals surface area (Å²) in [6.07, 6.45) is 5.06. The van der Waals surface area contributed by atoms with Crippen molar-refractivity contribution in [1.29, 1.82) is 0 Å². The van der Waals surface area contributed by atoms with Gasteiger partial charge in [0.15, 0.2) is 5.79 Å². The number of rotatable bonds is 25. The van der Waals surface area contributed by atoms with Crippen LogP contribution < -0.4 is 0 Å². The summed E-state index contributed by atoms with van der Waals surface area (Å²) in [5, 5.41) is 53.9. The van der Waals surface area contributed by atoms with Crippen molar-refractivity contribution < 1.29 is 63.7 Å². The molecule has 13 nitrogen and oxygen atoms in total. The fourth-order valence-corrected chi connectivity index (χ4v) is 7.51. The molecule has 0 amide bonds. The number of carbonyl (C=O) groups excluding carboxylic acids is 1. The minimum atomic E-state index is -3.70. The number of aliphatic hydroxyl groups is 2. The van der Waals surface area contributed by atoms with Gasteiger partial charge >= 0.3 is 23.9 Å². The number of carboxylic acid groups (broad SMARTS) is 3. The van der Waals surface area contributed by atoms with Crippen LogP contribution >= 0.6 is 0 Å². The van der Waals surface area contributed by atoms with Crippen molar-refractivity contribution in [3.8, 4) is 0 Å². The number of aliphatic carboxylic acids is 3. The zero-order valence-electron chi connectivity index (χ0n) is 30.8. The Morgan fingerprint density at radius 3 is 1.94 bits per heavy atom. The molecule has 1 aromatic carbocycles. The van der Waals surface area contributed by atoms with Gasteiger partial charge in [-0.3, -0.25) is 4.79 Å². The van der Waals surface area contributed by atoms with Crippen LogP contribution in [0.3, 0.4) is 0 Å². The average molecular weight is 735 g/mol. The normalized spacial score (nSPS) is 27.8. The number of benzene rings is 1. The molecule has 0 aromatic heterocycles. The molecule has 0 aliphatic carbocycles. The van der Waals surface area contributed by atoms with Crippen LogP contribution in [0.5, 0.6) is 0 Å². The molecule has 2 fully saturated rings. The number of ether oxygens (including phenoxy) is 4. The molecule has 3 rings (SSSR count). The van der Waals surface area contributed by atoms with Crippen molar-refractivity contribution in [2.75, 3.05) is 6.61 Å². The molecule has 292 valence electrons. The van der Waals surface area contributed by atoms with E-state index in [9.17, 15) is 44.7 Å². The quantitative estimate of drug-likeness (QED) is 0.0483. The minimum absolute atomic E-state index is 0.126. The molecule has 0 radical (unpaired) electrons. The number of fused-ring (bicyclic) bond motifs is 2. The first-order valence-corrected chi connectivity index (χ1v) is 18.7. The van der Waals surface area contributed by atoms with E-state index in [4.69, 9.17) is 18.9 Å². The molecular formula is C39H58O13. The van der Waals surface area contributed by atoms with E-state index < -0.39 is 71.7 Å². The third kappa shape index (κ3) is 9.79.